The standard InChI is InChI=1S/C24H32N2O/c1-15(2)19-12-11-18(7)25(19)22-9-8-10-23(24(22)27)26-20(16(3)4)13-14-21(26)17(5)6/h8-17,27H,1-7H3. The SMILES string of the molecule is Cc1ccc(C(C)C)n1-c1cccc(-n2c(C(C)C)ccc2C(C)C)c1O. The predicted octanol–water partition coefficient (Wildman–Crippen LogP) is 6.65. The number of nitrogens with zero attached hydrogens (tertiary/aromatic N) is 2. The highest BCUT2D eigenvalue weighted by Gasteiger charge is 2.21. The molecule has 2 aromatic heterocycles. The third-order valence-electron chi connectivity index (χ3n) is 5.30. The van der Waals surface area contributed by atoms with Crippen molar-refractivity contribution in [2.45, 2.75) is 66.2 Å². The molecule has 1 N–H and O–H groups in total. The Kier molecular flexibility index (Phi) is 5.23. The van der Waals surface area contributed by atoms with Gasteiger partial charge < -0.3 is 14.2 Å². The molecule has 1 aromatic carbocycles. The van der Waals surface area contributed by atoms with Crippen molar-refractivity contribution in [2.75, 3.05) is 0 Å². The number of rotatable bonds is 5. The van der Waals surface area contributed by atoms with Gasteiger partial charge in [-0.25, -0.2) is 0 Å². The van der Waals surface area contributed by atoms with Gasteiger partial charge in [0.2, 0.25) is 0 Å². The van der Waals surface area contributed by atoms with Crippen LogP contribution in [0, 0.1) is 6.92 Å². The minimum Gasteiger partial charge on any atom is -0.504 e. The van der Waals surface area contributed by atoms with Gasteiger partial charge in [-0.1, -0.05) is 47.6 Å². The van der Waals surface area contributed by atoms with Crippen molar-refractivity contribution in [2.24, 2.45) is 0 Å². The molecule has 3 nitrogen and oxygen atoms in total. The Hall–Kier alpha value is -2.42. The maximum Gasteiger partial charge on any atom is 0.163 e. The molecule has 0 spiro atoms. The summed E-state index contributed by atoms with van der Waals surface area (Å²) in [5.74, 6) is 1.46. The molecule has 0 radical (unpaired) electrons. The molecule has 0 bridgehead atoms. The molecule has 0 aliphatic heterocycles. The maximum atomic E-state index is 11.3. The first-order chi connectivity index (χ1) is 12.7. The fourth-order valence-corrected chi connectivity index (χ4v) is 3.87. The van der Waals surface area contributed by atoms with E-state index in [0.717, 1.165) is 17.1 Å². The molecule has 27 heavy (non-hydrogen) atoms. The third-order valence-corrected chi connectivity index (χ3v) is 5.30. The van der Waals surface area contributed by atoms with Gasteiger partial charge in [0.05, 0.1) is 11.4 Å². The van der Waals surface area contributed by atoms with Crippen LogP contribution in [0.25, 0.3) is 11.4 Å². The second-order valence-electron chi connectivity index (χ2n) is 8.36. The molecule has 3 rings (SSSR count). The van der Waals surface area contributed by atoms with Crippen molar-refractivity contribution < 1.29 is 5.11 Å². The van der Waals surface area contributed by atoms with Crippen LogP contribution < -0.4 is 0 Å². The summed E-state index contributed by atoms with van der Waals surface area (Å²) in [6.45, 7) is 15.3. The van der Waals surface area contributed by atoms with Gasteiger partial charge in [0.1, 0.15) is 0 Å². The molecular weight excluding hydrogens is 332 g/mol. The molecule has 0 fully saturated rings. The van der Waals surface area contributed by atoms with Gasteiger partial charge in [0.15, 0.2) is 5.75 Å². The van der Waals surface area contributed by atoms with Crippen molar-refractivity contribution in [1.82, 2.24) is 9.13 Å². The lowest BCUT2D eigenvalue weighted by Crippen LogP contribution is -2.09. The molecule has 2 heterocycles. The highest BCUT2D eigenvalue weighted by Crippen LogP contribution is 2.37. The number of aromatic hydroxyl groups is 1. The Morgan fingerprint density at radius 1 is 0.630 bits per heavy atom. The molecule has 3 aromatic rings. The molecule has 3 heteroatoms. The Labute approximate surface area is 163 Å². The van der Waals surface area contributed by atoms with E-state index < -0.39 is 0 Å². The lowest BCUT2D eigenvalue weighted by atomic mass is 10.1. The first-order valence-electron chi connectivity index (χ1n) is 9.96. The van der Waals surface area contributed by atoms with Crippen LogP contribution in [0.1, 0.15) is 82.1 Å². The number of benzene rings is 1. The number of hydrogen-bond acceptors (Lipinski definition) is 1. The van der Waals surface area contributed by atoms with Crippen LogP contribution in [0.3, 0.4) is 0 Å². The molecule has 0 amide bonds. The summed E-state index contributed by atoms with van der Waals surface area (Å²) in [4.78, 5) is 0. The second-order valence-corrected chi connectivity index (χ2v) is 8.36. The van der Waals surface area contributed by atoms with E-state index in [1.807, 2.05) is 18.2 Å². The minimum atomic E-state index is 0.332. The fourth-order valence-electron chi connectivity index (χ4n) is 3.87. The minimum absolute atomic E-state index is 0.332. The van der Waals surface area contributed by atoms with Crippen molar-refractivity contribution >= 4 is 0 Å². The summed E-state index contributed by atoms with van der Waals surface area (Å²) in [7, 11) is 0. The van der Waals surface area contributed by atoms with Gasteiger partial charge >= 0.3 is 0 Å². The largest absolute Gasteiger partial charge is 0.504 e. The van der Waals surface area contributed by atoms with Crippen LogP contribution in [0.2, 0.25) is 0 Å². The highest BCUT2D eigenvalue weighted by molar-refractivity contribution is 5.61. The number of hydrogen-bond donors (Lipinski definition) is 1. The van der Waals surface area contributed by atoms with E-state index in [0.29, 0.717) is 23.5 Å². The Balaban J connectivity index is 2.28. The van der Waals surface area contributed by atoms with Crippen molar-refractivity contribution in [1.29, 1.82) is 0 Å². The van der Waals surface area contributed by atoms with Crippen LogP contribution in [0.5, 0.6) is 5.75 Å². The quantitative estimate of drug-likeness (QED) is 0.539. The summed E-state index contributed by atoms with van der Waals surface area (Å²) in [5.41, 5.74) is 6.48. The second kappa shape index (κ2) is 7.30. The zero-order valence-electron chi connectivity index (χ0n) is 17.6. The van der Waals surface area contributed by atoms with E-state index in [1.165, 1.54) is 17.1 Å². The number of phenolic OH excluding ortho intramolecular Hbond substituents is 1. The number of para-hydroxylation sites is 1. The fraction of sp³-hybridized carbons (Fsp3) is 0.417. The maximum absolute atomic E-state index is 11.3. The highest BCUT2D eigenvalue weighted by atomic mass is 16.3. The first-order valence-corrected chi connectivity index (χ1v) is 9.96. The van der Waals surface area contributed by atoms with Gasteiger partial charge in [0.25, 0.3) is 0 Å². The molecule has 0 aliphatic carbocycles. The van der Waals surface area contributed by atoms with Crippen LogP contribution in [0.4, 0.5) is 0 Å². The zero-order chi connectivity index (χ0) is 19.9. The molecule has 0 aliphatic rings. The molecule has 0 unspecified atom stereocenters. The Morgan fingerprint density at radius 3 is 1.52 bits per heavy atom. The molecule has 0 saturated carbocycles. The monoisotopic (exact) mass is 364 g/mol. The molecular formula is C24H32N2O. The summed E-state index contributed by atoms with van der Waals surface area (Å²) < 4.78 is 4.42. The Bertz CT molecular complexity index is 916. The van der Waals surface area contributed by atoms with E-state index >= 15 is 0 Å². The van der Waals surface area contributed by atoms with Crippen LogP contribution in [0.15, 0.2) is 42.5 Å². The average Bonchev–Trinajstić information content (AvgIpc) is 3.19. The zero-order valence-corrected chi connectivity index (χ0v) is 17.6. The lowest BCUT2D eigenvalue weighted by Gasteiger charge is -2.22. The molecule has 144 valence electrons. The van der Waals surface area contributed by atoms with Crippen molar-refractivity contribution in [3.63, 3.8) is 0 Å². The van der Waals surface area contributed by atoms with Gasteiger partial charge in [-0.3, -0.25) is 0 Å². The van der Waals surface area contributed by atoms with Gasteiger partial charge in [-0.05, 0) is 61.1 Å². The third kappa shape index (κ3) is 3.31. The van der Waals surface area contributed by atoms with Crippen LogP contribution >= 0.6 is 0 Å². The number of phenols is 1. The molecule has 0 atom stereocenters. The van der Waals surface area contributed by atoms with Crippen LogP contribution in [-0.4, -0.2) is 14.2 Å². The van der Waals surface area contributed by atoms with Gasteiger partial charge in [-0.2, -0.15) is 0 Å². The topological polar surface area (TPSA) is 30.1 Å². The lowest BCUT2D eigenvalue weighted by molar-refractivity contribution is 0.466. The summed E-state index contributed by atoms with van der Waals surface area (Å²) in [6.07, 6.45) is 0. The van der Waals surface area contributed by atoms with E-state index in [4.69, 9.17) is 0 Å². The number of aryl methyl sites for hydroxylation is 1. The van der Waals surface area contributed by atoms with Crippen LogP contribution in [-0.2, 0) is 0 Å². The predicted molar refractivity (Wildman–Crippen MR) is 114 cm³/mol. The van der Waals surface area contributed by atoms with Gasteiger partial charge in [0, 0.05) is 22.8 Å². The average molecular weight is 365 g/mol. The van der Waals surface area contributed by atoms with E-state index in [1.54, 1.807) is 0 Å². The normalized spacial score (nSPS) is 11.9. The van der Waals surface area contributed by atoms with E-state index in [2.05, 4.69) is 81.9 Å². The van der Waals surface area contributed by atoms with Gasteiger partial charge in [-0.15, -0.1) is 0 Å². The number of aromatic nitrogens is 2. The summed E-state index contributed by atoms with van der Waals surface area (Å²) >= 11 is 0. The smallest absolute Gasteiger partial charge is 0.163 e. The van der Waals surface area contributed by atoms with E-state index in [-0.39, 0.29) is 0 Å². The van der Waals surface area contributed by atoms with Crippen molar-refractivity contribution in [3.05, 3.63) is 65.2 Å². The van der Waals surface area contributed by atoms with Crippen molar-refractivity contribution in [3.8, 4) is 17.1 Å². The molecule has 0 saturated heterocycles. The van der Waals surface area contributed by atoms with E-state index in [9.17, 15) is 5.11 Å². The summed E-state index contributed by atoms with van der Waals surface area (Å²) in [5, 5.41) is 11.3. The first kappa shape index (κ1) is 19.3. The summed E-state index contributed by atoms with van der Waals surface area (Å²) in [6, 6.07) is 14.7. The Morgan fingerprint density at radius 2 is 1.04 bits per heavy atom.